The average Bonchev–Trinajstić information content (AvgIpc) is 2.30. The Morgan fingerprint density at radius 3 is 2.62 bits per heavy atom. The number of ether oxygens (including phenoxy) is 1. The fourth-order valence-electron chi connectivity index (χ4n) is 1.77. The molecule has 0 amide bonds. The van der Waals surface area contributed by atoms with E-state index in [4.69, 9.17) is 10.5 Å². The van der Waals surface area contributed by atoms with Crippen LogP contribution < -0.4 is 10.5 Å². The molecule has 0 atom stereocenters. The van der Waals surface area contributed by atoms with E-state index in [9.17, 15) is 4.39 Å². The average molecular weight is 225 g/mol. The monoisotopic (exact) mass is 225 g/mol. The molecule has 0 aromatic heterocycles. The molecule has 0 radical (unpaired) electrons. The lowest BCUT2D eigenvalue weighted by Crippen LogP contribution is -2.00. The highest BCUT2D eigenvalue weighted by Gasteiger charge is 2.11. The van der Waals surface area contributed by atoms with Crippen molar-refractivity contribution in [2.45, 2.75) is 39.0 Å². The zero-order valence-electron chi connectivity index (χ0n) is 10.1. The third-order valence-electron chi connectivity index (χ3n) is 2.73. The van der Waals surface area contributed by atoms with Crippen LogP contribution in [0.1, 0.15) is 38.2 Å². The first kappa shape index (κ1) is 12.8. The summed E-state index contributed by atoms with van der Waals surface area (Å²) in [6.45, 7) is 2.15. The molecule has 0 fully saturated rings. The SMILES string of the molecule is CCCCCCc1c(OC)ccc(N)c1F. The molecule has 0 spiro atoms. The first-order chi connectivity index (χ1) is 7.70. The summed E-state index contributed by atoms with van der Waals surface area (Å²) in [6.07, 6.45) is 5.15. The standard InChI is InChI=1S/C13H20FNO/c1-3-4-5-6-7-10-12(16-2)9-8-11(15)13(10)14/h8-9H,3-7,15H2,1-2H3. The van der Waals surface area contributed by atoms with E-state index in [1.54, 1.807) is 19.2 Å². The Bertz CT molecular complexity index is 339. The fraction of sp³-hybridized carbons (Fsp3) is 0.538. The maximum atomic E-state index is 13.8. The molecule has 0 saturated carbocycles. The van der Waals surface area contributed by atoms with E-state index in [1.165, 1.54) is 12.8 Å². The smallest absolute Gasteiger partial charge is 0.152 e. The first-order valence-electron chi connectivity index (χ1n) is 5.81. The Hall–Kier alpha value is -1.25. The van der Waals surface area contributed by atoms with E-state index in [1.807, 2.05) is 0 Å². The summed E-state index contributed by atoms with van der Waals surface area (Å²) >= 11 is 0. The molecule has 0 unspecified atom stereocenters. The Morgan fingerprint density at radius 2 is 2.00 bits per heavy atom. The van der Waals surface area contributed by atoms with Crippen LogP contribution in [0.4, 0.5) is 10.1 Å². The maximum Gasteiger partial charge on any atom is 0.152 e. The Morgan fingerprint density at radius 1 is 1.25 bits per heavy atom. The summed E-state index contributed by atoms with van der Waals surface area (Å²) in [5, 5.41) is 0. The highest BCUT2D eigenvalue weighted by atomic mass is 19.1. The van der Waals surface area contributed by atoms with E-state index in [-0.39, 0.29) is 11.5 Å². The minimum absolute atomic E-state index is 0.200. The number of hydrogen-bond acceptors (Lipinski definition) is 2. The molecule has 0 heterocycles. The van der Waals surface area contributed by atoms with Gasteiger partial charge in [0.1, 0.15) is 5.75 Å². The van der Waals surface area contributed by atoms with Crippen LogP contribution in [-0.4, -0.2) is 7.11 Å². The molecule has 1 aromatic carbocycles. The van der Waals surface area contributed by atoms with Gasteiger partial charge in [0, 0.05) is 5.56 Å². The normalized spacial score (nSPS) is 10.4. The lowest BCUT2D eigenvalue weighted by molar-refractivity contribution is 0.403. The van der Waals surface area contributed by atoms with Crippen molar-refractivity contribution in [3.8, 4) is 5.75 Å². The van der Waals surface area contributed by atoms with Crippen LogP contribution in [0.3, 0.4) is 0 Å². The molecule has 0 aliphatic rings. The fourth-order valence-corrected chi connectivity index (χ4v) is 1.77. The molecule has 0 aliphatic carbocycles. The van der Waals surface area contributed by atoms with Crippen LogP contribution in [0.15, 0.2) is 12.1 Å². The van der Waals surface area contributed by atoms with Gasteiger partial charge in [-0.25, -0.2) is 4.39 Å². The number of rotatable bonds is 6. The third-order valence-corrected chi connectivity index (χ3v) is 2.73. The predicted octanol–water partition coefficient (Wildman–Crippen LogP) is 3.54. The van der Waals surface area contributed by atoms with Gasteiger partial charge >= 0.3 is 0 Å². The van der Waals surface area contributed by atoms with E-state index < -0.39 is 0 Å². The highest BCUT2D eigenvalue weighted by molar-refractivity contribution is 5.49. The van der Waals surface area contributed by atoms with Gasteiger partial charge in [-0.15, -0.1) is 0 Å². The zero-order chi connectivity index (χ0) is 12.0. The van der Waals surface area contributed by atoms with Gasteiger partial charge in [-0.2, -0.15) is 0 Å². The summed E-state index contributed by atoms with van der Waals surface area (Å²) < 4.78 is 18.9. The van der Waals surface area contributed by atoms with Gasteiger partial charge in [-0.05, 0) is 25.0 Å². The number of hydrogen-bond donors (Lipinski definition) is 1. The number of unbranched alkanes of at least 4 members (excludes halogenated alkanes) is 3. The Labute approximate surface area is 96.6 Å². The van der Waals surface area contributed by atoms with Crippen LogP contribution in [0.5, 0.6) is 5.75 Å². The maximum absolute atomic E-state index is 13.8. The number of benzene rings is 1. The van der Waals surface area contributed by atoms with E-state index in [2.05, 4.69) is 6.92 Å². The molecule has 2 nitrogen and oxygen atoms in total. The lowest BCUT2D eigenvalue weighted by Gasteiger charge is -2.10. The van der Waals surface area contributed by atoms with Crippen molar-refractivity contribution < 1.29 is 9.13 Å². The number of nitrogen functional groups attached to an aromatic ring is 1. The molecule has 90 valence electrons. The highest BCUT2D eigenvalue weighted by Crippen LogP contribution is 2.27. The quantitative estimate of drug-likeness (QED) is 0.593. The van der Waals surface area contributed by atoms with Crippen LogP contribution in [-0.2, 0) is 6.42 Å². The molecule has 3 heteroatoms. The Kier molecular flexibility index (Phi) is 5.09. The molecule has 0 bridgehead atoms. The second-order valence-corrected chi connectivity index (χ2v) is 3.96. The zero-order valence-corrected chi connectivity index (χ0v) is 10.1. The van der Waals surface area contributed by atoms with E-state index in [0.717, 1.165) is 12.8 Å². The topological polar surface area (TPSA) is 35.2 Å². The van der Waals surface area contributed by atoms with Gasteiger partial charge < -0.3 is 10.5 Å². The summed E-state index contributed by atoms with van der Waals surface area (Å²) in [7, 11) is 1.56. The van der Waals surface area contributed by atoms with Crippen molar-refractivity contribution in [2.24, 2.45) is 0 Å². The number of anilines is 1. The molecular weight excluding hydrogens is 205 g/mol. The summed E-state index contributed by atoms with van der Waals surface area (Å²) in [5.74, 6) is 0.277. The van der Waals surface area contributed by atoms with Gasteiger partial charge in [0.15, 0.2) is 5.82 Å². The molecular formula is C13H20FNO. The van der Waals surface area contributed by atoms with E-state index >= 15 is 0 Å². The second kappa shape index (κ2) is 6.36. The predicted molar refractivity (Wildman–Crippen MR) is 65.2 cm³/mol. The van der Waals surface area contributed by atoms with Gasteiger partial charge in [-0.3, -0.25) is 0 Å². The third kappa shape index (κ3) is 3.12. The second-order valence-electron chi connectivity index (χ2n) is 3.96. The van der Waals surface area contributed by atoms with Gasteiger partial charge in [0.05, 0.1) is 12.8 Å². The van der Waals surface area contributed by atoms with Crippen molar-refractivity contribution in [3.05, 3.63) is 23.5 Å². The summed E-state index contributed by atoms with van der Waals surface area (Å²) in [5.41, 5.74) is 6.35. The van der Waals surface area contributed by atoms with Gasteiger partial charge in [-0.1, -0.05) is 26.2 Å². The first-order valence-corrected chi connectivity index (χ1v) is 5.81. The van der Waals surface area contributed by atoms with Crippen molar-refractivity contribution in [2.75, 3.05) is 12.8 Å². The molecule has 16 heavy (non-hydrogen) atoms. The minimum atomic E-state index is -0.323. The lowest BCUT2D eigenvalue weighted by atomic mass is 10.0. The van der Waals surface area contributed by atoms with Crippen LogP contribution >= 0.6 is 0 Å². The molecule has 1 rings (SSSR count). The van der Waals surface area contributed by atoms with Crippen molar-refractivity contribution in [1.82, 2.24) is 0 Å². The van der Waals surface area contributed by atoms with Crippen molar-refractivity contribution >= 4 is 5.69 Å². The van der Waals surface area contributed by atoms with Gasteiger partial charge in [0.2, 0.25) is 0 Å². The molecule has 0 saturated heterocycles. The largest absolute Gasteiger partial charge is 0.496 e. The molecule has 0 aliphatic heterocycles. The van der Waals surface area contributed by atoms with Crippen molar-refractivity contribution in [1.29, 1.82) is 0 Å². The minimum Gasteiger partial charge on any atom is -0.496 e. The number of methoxy groups -OCH3 is 1. The molecule has 1 aromatic rings. The van der Waals surface area contributed by atoms with E-state index in [0.29, 0.717) is 17.7 Å². The van der Waals surface area contributed by atoms with Crippen LogP contribution in [0.25, 0.3) is 0 Å². The summed E-state index contributed by atoms with van der Waals surface area (Å²) in [6, 6.07) is 3.28. The Balaban J connectivity index is 2.72. The summed E-state index contributed by atoms with van der Waals surface area (Å²) in [4.78, 5) is 0. The van der Waals surface area contributed by atoms with Crippen LogP contribution in [0, 0.1) is 5.82 Å². The van der Waals surface area contributed by atoms with Gasteiger partial charge in [0.25, 0.3) is 0 Å². The van der Waals surface area contributed by atoms with Crippen LogP contribution in [0.2, 0.25) is 0 Å². The molecule has 2 N–H and O–H groups in total. The number of nitrogens with two attached hydrogens (primary N) is 1. The number of halogens is 1. The van der Waals surface area contributed by atoms with Crippen molar-refractivity contribution in [3.63, 3.8) is 0 Å².